The van der Waals surface area contributed by atoms with Crippen molar-refractivity contribution in [3.05, 3.63) is 65.7 Å². The number of carbonyl (C=O) groups is 1. The van der Waals surface area contributed by atoms with Crippen molar-refractivity contribution in [2.45, 2.75) is 6.54 Å². The average molecular weight is 285 g/mol. The minimum atomic E-state index is -1.07. The highest BCUT2D eigenvalue weighted by Gasteiger charge is 2.17. The summed E-state index contributed by atoms with van der Waals surface area (Å²) in [6, 6.07) is 11.3. The predicted octanol–water partition coefficient (Wildman–Crippen LogP) is 2.78. The van der Waals surface area contributed by atoms with Gasteiger partial charge in [0.25, 0.3) is 0 Å². The van der Waals surface area contributed by atoms with Gasteiger partial charge < -0.3 is 10.4 Å². The Morgan fingerprint density at radius 1 is 1.29 bits per heavy atom. The third-order valence-electron chi connectivity index (χ3n) is 3.08. The van der Waals surface area contributed by atoms with E-state index in [0.717, 1.165) is 0 Å². The standard InChI is InChI=1S/C15H12FN3O2/c16-11-5-3-4-10(8-11)9-17-14-13(15(20)21)19-7-2-1-6-12(19)18-14/h1-8,17H,9H2,(H,20,21). The minimum Gasteiger partial charge on any atom is -0.476 e. The van der Waals surface area contributed by atoms with Crippen molar-refractivity contribution in [3.63, 3.8) is 0 Å². The van der Waals surface area contributed by atoms with E-state index in [-0.39, 0.29) is 17.3 Å². The van der Waals surface area contributed by atoms with Crippen molar-refractivity contribution in [2.75, 3.05) is 5.32 Å². The van der Waals surface area contributed by atoms with Crippen LogP contribution in [0.3, 0.4) is 0 Å². The lowest BCUT2D eigenvalue weighted by Crippen LogP contribution is -2.08. The number of rotatable bonds is 4. The van der Waals surface area contributed by atoms with Gasteiger partial charge in [0.05, 0.1) is 0 Å². The molecule has 0 aliphatic carbocycles. The molecule has 0 amide bonds. The lowest BCUT2D eigenvalue weighted by molar-refractivity contribution is 0.0690. The summed E-state index contributed by atoms with van der Waals surface area (Å²) in [6.45, 7) is 0.294. The van der Waals surface area contributed by atoms with Crippen LogP contribution in [0.5, 0.6) is 0 Å². The van der Waals surface area contributed by atoms with Gasteiger partial charge in [0, 0.05) is 12.7 Å². The van der Waals surface area contributed by atoms with Crippen molar-refractivity contribution in [1.29, 1.82) is 0 Å². The molecule has 0 fully saturated rings. The van der Waals surface area contributed by atoms with Gasteiger partial charge in [0.2, 0.25) is 0 Å². The van der Waals surface area contributed by atoms with Crippen LogP contribution < -0.4 is 5.32 Å². The van der Waals surface area contributed by atoms with Crippen LogP contribution in [0.15, 0.2) is 48.7 Å². The molecule has 2 N–H and O–H groups in total. The highest BCUT2D eigenvalue weighted by molar-refractivity contribution is 5.92. The van der Waals surface area contributed by atoms with Crippen molar-refractivity contribution >= 4 is 17.4 Å². The van der Waals surface area contributed by atoms with E-state index in [0.29, 0.717) is 17.8 Å². The SMILES string of the molecule is O=C(O)c1c(NCc2cccc(F)c2)nc2ccccn12. The summed E-state index contributed by atoms with van der Waals surface area (Å²) in [6.07, 6.45) is 1.64. The number of anilines is 1. The number of fused-ring (bicyclic) bond motifs is 1. The van der Waals surface area contributed by atoms with Gasteiger partial charge in [-0.15, -0.1) is 0 Å². The smallest absolute Gasteiger partial charge is 0.356 e. The Kier molecular flexibility index (Phi) is 3.27. The van der Waals surface area contributed by atoms with Crippen LogP contribution in [-0.2, 0) is 6.54 Å². The van der Waals surface area contributed by atoms with Gasteiger partial charge in [-0.2, -0.15) is 0 Å². The first kappa shape index (κ1) is 13.1. The Morgan fingerprint density at radius 2 is 2.14 bits per heavy atom. The van der Waals surface area contributed by atoms with Crippen molar-refractivity contribution < 1.29 is 14.3 Å². The molecule has 0 bridgehead atoms. The number of aromatic nitrogens is 2. The number of carboxylic acid groups (broad SMARTS) is 1. The van der Waals surface area contributed by atoms with E-state index in [1.165, 1.54) is 16.5 Å². The molecule has 0 radical (unpaired) electrons. The van der Waals surface area contributed by atoms with E-state index in [4.69, 9.17) is 0 Å². The predicted molar refractivity (Wildman–Crippen MR) is 75.9 cm³/mol. The number of benzene rings is 1. The molecule has 0 aliphatic heterocycles. The summed E-state index contributed by atoms with van der Waals surface area (Å²) >= 11 is 0. The van der Waals surface area contributed by atoms with Gasteiger partial charge >= 0.3 is 5.97 Å². The molecule has 1 aromatic carbocycles. The minimum absolute atomic E-state index is 0.0574. The van der Waals surface area contributed by atoms with E-state index in [2.05, 4.69) is 10.3 Å². The molecule has 0 spiro atoms. The molecule has 5 nitrogen and oxygen atoms in total. The van der Waals surface area contributed by atoms with E-state index in [1.54, 1.807) is 36.5 Å². The van der Waals surface area contributed by atoms with Crippen molar-refractivity contribution in [3.8, 4) is 0 Å². The number of imidazole rings is 1. The van der Waals surface area contributed by atoms with Crippen molar-refractivity contribution in [1.82, 2.24) is 9.38 Å². The molecule has 0 aliphatic rings. The number of carboxylic acids is 1. The Bertz CT molecular complexity index is 814. The Balaban J connectivity index is 1.93. The first-order valence-corrected chi connectivity index (χ1v) is 6.34. The lowest BCUT2D eigenvalue weighted by Gasteiger charge is -2.05. The third kappa shape index (κ3) is 2.55. The molecule has 3 rings (SSSR count). The largest absolute Gasteiger partial charge is 0.476 e. The Morgan fingerprint density at radius 3 is 2.90 bits per heavy atom. The number of halogens is 1. The van der Waals surface area contributed by atoms with Crippen LogP contribution in [0.2, 0.25) is 0 Å². The van der Waals surface area contributed by atoms with E-state index in [9.17, 15) is 14.3 Å². The summed E-state index contributed by atoms with van der Waals surface area (Å²) in [4.78, 5) is 15.7. The molecule has 6 heteroatoms. The average Bonchev–Trinajstić information content (AvgIpc) is 2.83. The zero-order valence-electron chi connectivity index (χ0n) is 11.0. The number of pyridine rings is 1. The highest BCUT2D eigenvalue weighted by Crippen LogP contribution is 2.18. The first-order valence-electron chi connectivity index (χ1n) is 6.34. The molecule has 0 atom stereocenters. The molecular formula is C15H12FN3O2. The normalized spacial score (nSPS) is 10.7. The fourth-order valence-corrected chi connectivity index (χ4v) is 2.16. The van der Waals surface area contributed by atoms with Crippen LogP contribution in [0, 0.1) is 5.82 Å². The van der Waals surface area contributed by atoms with Crippen LogP contribution in [0.25, 0.3) is 5.65 Å². The molecule has 0 saturated heterocycles. The molecule has 106 valence electrons. The van der Waals surface area contributed by atoms with Crippen molar-refractivity contribution in [2.24, 2.45) is 0 Å². The second-order valence-electron chi connectivity index (χ2n) is 4.53. The Labute approximate surface area is 119 Å². The highest BCUT2D eigenvalue weighted by atomic mass is 19.1. The maximum absolute atomic E-state index is 13.1. The topological polar surface area (TPSA) is 66.6 Å². The zero-order valence-corrected chi connectivity index (χ0v) is 11.0. The Hall–Kier alpha value is -2.89. The van der Waals surface area contributed by atoms with Crippen LogP contribution >= 0.6 is 0 Å². The second-order valence-corrected chi connectivity index (χ2v) is 4.53. The zero-order chi connectivity index (χ0) is 14.8. The van der Waals surface area contributed by atoms with E-state index < -0.39 is 5.97 Å². The maximum Gasteiger partial charge on any atom is 0.356 e. The van der Waals surface area contributed by atoms with Gasteiger partial charge in [-0.25, -0.2) is 14.2 Å². The maximum atomic E-state index is 13.1. The summed E-state index contributed by atoms with van der Waals surface area (Å²) < 4.78 is 14.6. The van der Waals surface area contributed by atoms with Crippen LogP contribution in [0.1, 0.15) is 16.1 Å². The molecule has 3 aromatic rings. The summed E-state index contributed by atoms with van der Waals surface area (Å²) in [7, 11) is 0. The first-order chi connectivity index (χ1) is 10.1. The third-order valence-corrected chi connectivity index (χ3v) is 3.08. The van der Waals surface area contributed by atoms with Gasteiger partial charge in [-0.3, -0.25) is 4.40 Å². The number of aromatic carboxylic acids is 1. The molecule has 0 saturated carbocycles. The van der Waals surface area contributed by atoms with Crippen LogP contribution in [0.4, 0.5) is 10.2 Å². The number of hydrogen-bond donors (Lipinski definition) is 2. The number of hydrogen-bond acceptors (Lipinski definition) is 3. The van der Waals surface area contributed by atoms with Gasteiger partial charge in [0.1, 0.15) is 11.5 Å². The molecule has 0 unspecified atom stereocenters. The molecule has 21 heavy (non-hydrogen) atoms. The monoisotopic (exact) mass is 285 g/mol. The summed E-state index contributed by atoms with van der Waals surface area (Å²) in [5, 5.41) is 12.3. The quantitative estimate of drug-likeness (QED) is 0.773. The fourth-order valence-electron chi connectivity index (χ4n) is 2.16. The summed E-state index contributed by atoms with van der Waals surface area (Å²) in [5.41, 5.74) is 1.31. The fraction of sp³-hybridized carbons (Fsp3) is 0.0667. The molecule has 2 heterocycles. The lowest BCUT2D eigenvalue weighted by atomic mass is 10.2. The number of nitrogens with zero attached hydrogens (tertiary/aromatic N) is 2. The van der Waals surface area contributed by atoms with Gasteiger partial charge in [0.15, 0.2) is 11.5 Å². The number of nitrogens with one attached hydrogen (secondary N) is 1. The second kappa shape index (κ2) is 5.24. The van der Waals surface area contributed by atoms with E-state index >= 15 is 0 Å². The van der Waals surface area contributed by atoms with Gasteiger partial charge in [-0.05, 0) is 29.8 Å². The molecular weight excluding hydrogens is 273 g/mol. The van der Waals surface area contributed by atoms with Crippen LogP contribution in [-0.4, -0.2) is 20.5 Å². The molecule has 2 aromatic heterocycles. The van der Waals surface area contributed by atoms with E-state index in [1.807, 2.05) is 0 Å². The van der Waals surface area contributed by atoms with Gasteiger partial charge in [-0.1, -0.05) is 18.2 Å². The summed E-state index contributed by atoms with van der Waals surface area (Å²) in [5.74, 6) is -1.14.